The lowest BCUT2D eigenvalue weighted by Gasteiger charge is -2.22. The van der Waals surface area contributed by atoms with E-state index in [1.165, 1.54) is 25.7 Å². The summed E-state index contributed by atoms with van der Waals surface area (Å²) in [7, 11) is 0. The first-order valence-electron chi connectivity index (χ1n) is 7.73. The van der Waals surface area contributed by atoms with Crippen LogP contribution in [0, 0.1) is 5.92 Å². The molecule has 4 nitrogen and oxygen atoms in total. The number of ether oxygens (including phenoxy) is 1. The summed E-state index contributed by atoms with van der Waals surface area (Å²) in [5, 5.41) is 9.11. The fourth-order valence-corrected chi connectivity index (χ4v) is 2.02. The normalized spacial score (nSPS) is 13.0. The third kappa shape index (κ3) is 9.82. The number of carboxylic acid groups (broad SMARTS) is 1. The van der Waals surface area contributed by atoms with Crippen LogP contribution in [0.3, 0.4) is 0 Å². The number of hydrogen-bond donors (Lipinski definition) is 1. The van der Waals surface area contributed by atoms with Crippen molar-refractivity contribution in [1.29, 1.82) is 0 Å². The van der Waals surface area contributed by atoms with Crippen LogP contribution in [0.15, 0.2) is 0 Å². The van der Waals surface area contributed by atoms with Gasteiger partial charge in [0.15, 0.2) is 5.92 Å². The lowest BCUT2D eigenvalue weighted by molar-refractivity contribution is -0.167. The van der Waals surface area contributed by atoms with E-state index in [4.69, 9.17) is 9.84 Å². The molecule has 1 atom stereocenters. The molecule has 1 N–H and O–H groups in total. The van der Waals surface area contributed by atoms with Gasteiger partial charge in [-0.2, -0.15) is 0 Å². The van der Waals surface area contributed by atoms with E-state index in [1.807, 2.05) is 0 Å². The maximum Gasteiger partial charge on any atom is 0.320 e. The second-order valence-corrected chi connectivity index (χ2v) is 6.33. The molecule has 20 heavy (non-hydrogen) atoms. The summed E-state index contributed by atoms with van der Waals surface area (Å²) in [5.41, 5.74) is -0.634. The van der Waals surface area contributed by atoms with Crippen LogP contribution in [0.5, 0.6) is 0 Å². The summed E-state index contributed by atoms with van der Waals surface area (Å²) in [6, 6.07) is 0. The Morgan fingerprint density at radius 1 is 1.00 bits per heavy atom. The van der Waals surface area contributed by atoms with Gasteiger partial charge in [-0.05, 0) is 27.2 Å². The summed E-state index contributed by atoms with van der Waals surface area (Å²) in [4.78, 5) is 22.9. The van der Waals surface area contributed by atoms with Gasteiger partial charge in [-0.1, -0.05) is 51.9 Å². The van der Waals surface area contributed by atoms with Gasteiger partial charge in [0.1, 0.15) is 5.60 Å². The predicted molar refractivity (Wildman–Crippen MR) is 79.6 cm³/mol. The molecule has 118 valence electrons. The lowest BCUT2D eigenvalue weighted by atomic mass is 10.00. The molecule has 0 saturated heterocycles. The number of aliphatic carboxylic acids is 1. The van der Waals surface area contributed by atoms with E-state index >= 15 is 0 Å². The largest absolute Gasteiger partial charge is 0.481 e. The molecule has 0 aliphatic heterocycles. The fourth-order valence-electron chi connectivity index (χ4n) is 2.02. The summed E-state index contributed by atoms with van der Waals surface area (Å²) in [6.07, 6.45) is 8.15. The van der Waals surface area contributed by atoms with Crippen molar-refractivity contribution in [2.24, 2.45) is 5.92 Å². The number of carboxylic acids is 1. The first-order chi connectivity index (χ1) is 9.28. The summed E-state index contributed by atoms with van der Waals surface area (Å²) in [6.45, 7) is 7.42. The van der Waals surface area contributed by atoms with Crippen molar-refractivity contribution in [3.05, 3.63) is 0 Å². The molecule has 0 aromatic carbocycles. The zero-order valence-corrected chi connectivity index (χ0v) is 13.4. The number of hydrogen-bond acceptors (Lipinski definition) is 3. The van der Waals surface area contributed by atoms with Gasteiger partial charge >= 0.3 is 11.9 Å². The van der Waals surface area contributed by atoms with E-state index in [0.717, 1.165) is 19.3 Å². The fraction of sp³-hybridized carbons (Fsp3) is 0.875. The standard InChI is InChI=1S/C16H30O4/c1-5-6-7-8-9-10-11-12-13(14(17)18)15(19)20-16(2,3)4/h13H,5-12H2,1-4H3,(H,17,18)/t13-/m1/s1. The number of rotatable bonds is 10. The molecule has 0 aromatic rings. The molecular formula is C16H30O4. The van der Waals surface area contributed by atoms with Gasteiger partial charge in [0.25, 0.3) is 0 Å². The lowest BCUT2D eigenvalue weighted by Crippen LogP contribution is -2.32. The Labute approximate surface area is 122 Å². The molecular weight excluding hydrogens is 256 g/mol. The Morgan fingerprint density at radius 3 is 1.95 bits per heavy atom. The van der Waals surface area contributed by atoms with Crippen molar-refractivity contribution in [3.8, 4) is 0 Å². The molecule has 0 aromatic heterocycles. The van der Waals surface area contributed by atoms with Crippen LogP contribution < -0.4 is 0 Å². The summed E-state index contributed by atoms with van der Waals surface area (Å²) >= 11 is 0. The highest BCUT2D eigenvalue weighted by Crippen LogP contribution is 2.18. The van der Waals surface area contributed by atoms with Crippen LogP contribution in [-0.4, -0.2) is 22.6 Å². The van der Waals surface area contributed by atoms with Crippen molar-refractivity contribution >= 4 is 11.9 Å². The smallest absolute Gasteiger partial charge is 0.320 e. The van der Waals surface area contributed by atoms with E-state index in [1.54, 1.807) is 20.8 Å². The quantitative estimate of drug-likeness (QED) is 0.372. The maximum absolute atomic E-state index is 11.8. The Kier molecular flexibility index (Phi) is 9.26. The Morgan fingerprint density at radius 2 is 1.50 bits per heavy atom. The molecule has 0 spiro atoms. The van der Waals surface area contributed by atoms with E-state index in [2.05, 4.69) is 6.92 Å². The van der Waals surface area contributed by atoms with Crippen LogP contribution in [0.1, 0.15) is 79.1 Å². The van der Waals surface area contributed by atoms with Gasteiger partial charge < -0.3 is 9.84 Å². The minimum Gasteiger partial charge on any atom is -0.481 e. The van der Waals surface area contributed by atoms with Crippen LogP contribution in [-0.2, 0) is 14.3 Å². The minimum atomic E-state index is -1.08. The van der Waals surface area contributed by atoms with Gasteiger partial charge in [0.05, 0.1) is 0 Å². The van der Waals surface area contributed by atoms with Crippen molar-refractivity contribution in [3.63, 3.8) is 0 Å². The summed E-state index contributed by atoms with van der Waals surface area (Å²) in [5.74, 6) is -2.72. The molecule has 0 radical (unpaired) electrons. The molecule has 0 rings (SSSR count). The van der Waals surface area contributed by atoms with Crippen LogP contribution >= 0.6 is 0 Å². The van der Waals surface area contributed by atoms with Crippen LogP contribution in [0.25, 0.3) is 0 Å². The van der Waals surface area contributed by atoms with E-state index < -0.39 is 23.5 Å². The van der Waals surface area contributed by atoms with Gasteiger partial charge in [-0.25, -0.2) is 0 Å². The highest BCUT2D eigenvalue weighted by molar-refractivity contribution is 5.94. The molecule has 0 saturated carbocycles. The average Bonchev–Trinajstić information content (AvgIpc) is 2.29. The third-order valence-electron chi connectivity index (χ3n) is 3.09. The minimum absolute atomic E-state index is 0.373. The molecule has 0 fully saturated rings. The summed E-state index contributed by atoms with van der Waals surface area (Å²) < 4.78 is 5.15. The van der Waals surface area contributed by atoms with Crippen LogP contribution in [0.4, 0.5) is 0 Å². The first kappa shape index (κ1) is 18.9. The van der Waals surface area contributed by atoms with Gasteiger partial charge in [-0.3, -0.25) is 9.59 Å². The van der Waals surface area contributed by atoms with Gasteiger partial charge in [-0.15, -0.1) is 0 Å². The molecule has 0 aliphatic rings. The zero-order valence-electron chi connectivity index (χ0n) is 13.4. The van der Waals surface area contributed by atoms with Crippen molar-refractivity contribution < 1.29 is 19.4 Å². The maximum atomic E-state index is 11.8. The SMILES string of the molecule is CCCCCCCCC[C@H](C(=O)O)C(=O)OC(C)(C)C. The Balaban J connectivity index is 3.98. The molecule has 0 heterocycles. The van der Waals surface area contributed by atoms with Gasteiger partial charge in [0.2, 0.25) is 0 Å². The second kappa shape index (κ2) is 9.78. The zero-order chi connectivity index (χ0) is 15.6. The van der Waals surface area contributed by atoms with Gasteiger partial charge in [0, 0.05) is 0 Å². The second-order valence-electron chi connectivity index (χ2n) is 6.33. The number of unbranched alkanes of at least 4 members (excludes halogenated alkanes) is 6. The number of esters is 1. The predicted octanol–water partition coefficient (Wildman–Crippen LogP) is 4.17. The Hall–Kier alpha value is -1.06. The molecule has 0 bridgehead atoms. The van der Waals surface area contributed by atoms with E-state index in [-0.39, 0.29) is 0 Å². The number of carbonyl (C=O) groups excluding carboxylic acids is 1. The Bertz CT molecular complexity index is 291. The highest BCUT2D eigenvalue weighted by Gasteiger charge is 2.30. The van der Waals surface area contributed by atoms with Crippen molar-refractivity contribution in [1.82, 2.24) is 0 Å². The van der Waals surface area contributed by atoms with Crippen molar-refractivity contribution in [2.75, 3.05) is 0 Å². The average molecular weight is 286 g/mol. The molecule has 0 amide bonds. The topological polar surface area (TPSA) is 63.6 Å². The number of carbonyl (C=O) groups is 2. The third-order valence-corrected chi connectivity index (χ3v) is 3.09. The molecule has 4 heteroatoms. The monoisotopic (exact) mass is 286 g/mol. The first-order valence-corrected chi connectivity index (χ1v) is 7.73. The van der Waals surface area contributed by atoms with Crippen molar-refractivity contribution in [2.45, 2.75) is 84.7 Å². The van der Waals surface area contributed by atoms with E-state index in [9.17, 15) is 9.59 Å². The van der Waals surface area contributed by atoms with E-state index in [0.29, 0.717) is 6.42 Å². The molecule has 0 unspecified atom stereocenters. The van der Waals surface area contributed by atoms with Crippen LogP contribution in [0.2, 0.25) is 0 Å². The highest BCUT2D eigenvalue weighted by atomic mass is 16.6. The molecule has 0 aliphatic carbocycles.